The second-order valence-corrected chi connectivity index (χ2v) is 6.56. The van der Waals surface area contributed by atoms with Gasteiger partial charge >= 0.3 is 0 Å². The number of nitrogens with one attached hydrogen (secondary N) is 1. The summed E-state index contributed by atoms with van der Waals surface area (Å²) in [5.41, 5.74) is 5.63. The van der Waals surface area contributed by atoms with Crippen molar-refractivity contribution in [2.24, 2.45) is 5.10 Å². The van der Waals surface area contributed by atoms with Gasteiger partial charge in [0, 0.05) is 10.9 Å². The van der Waals surface area contributed by atoms with Crippen molar-refractivity contribution in [3.05, 3.63) is 57.9 Å². The van der Waals surface area contributed by atoms with Crippen LogP contribution in [0.5, 0.6) is 11.5 Å². The summed E-state index contributed by atoms with van der Waals surface area (Å²) >= 11 is 4.74. The topological polar surface area (TPSA) is 66.7 Å². The molecule has 0 radical (unpaired) electrons. The predicted octanol–water partition coefficient (Wildman–Crippen LogP) is 4.73. The van der Waals surface area contributed by atoms with Gasteiger partial charge in [0.05, 0.1) is 23.5 Å². The molecule has 122 valence electrons. The predicted molar refractivity (Wildman–Crippen MR) is 101 cm³/mol. The van der Waals surface area contributed by atoms with Crippen LogP contribution in [-0.4, -0.2) is 23.4 Å². The van der Waals surface area contributed by atoms with Gasteiger partial charge in [-0.3, -0.25) is 5.43 Å². The smallest absolute Gasteiger partial charge is 0.203 e. The Morgan fingerprint density at radius 1 is 1.29 bits per heavy atom. The molecule has 0 spiro atoms. The van der Waals surface area contributed by atoms with Gasteiger partial charge in [-0.05, 0) is 51.8 Å². The Morgan fingerprint density at radius 2 is 2.17 bits per heavy atom. The highest BCUT2D eigenvalue weighted by molar-refractivity contribution is 9.10. The number of hydrazone groups is 1. The van der Waals surface area contributed by atoms with E-state index in [4.69, 9.17) is 4.74 Å². The van der Waals surface area contributed by atoms with Crippen LogP contribution in [-0.2, 0) is 0 Å². The number of hydrogen-bond acceptors (Lipinski definition) is 6. The molecular formula is C17H14BrN3O2S. The molecule has 0 bridgehead atoms. The molecule has 2 aromatic carbocycles. The third kappa shape index (κ3) is 3.93. The van der Waals surface area contributed by atoms with Crippen molar-refractivity contribution in [2.45, 2.75) is 0 Å². The number of phenols is 1. The van der Waals surface area contributed by atoms with E-state index in [1.165, 1.54) is 11.3 Å². The molecule has 0 unspecified atom stereocenters. The number of nitrogens with zero attached hydrogens (tertiary/aromatic N) is 2. The monoisotopic (exact) mass is 403 g/mol. The zero-order valence-corrected chi connectivity index (χ0v) is 15.1. The maximum absolute atomic E-state index is 9.47. The first-order chi connectivity index (χ1) is 11.7. The average Bonchev–Trinajstić information content (AvgIpc) is 3.07. The molecule has 0 saturated carbocycles. The Bertz CT molecular complexity index is 880. The van der Waals surface area contributed by atoms with Crippen LogP contribution >= 0.6 is 27.3 Å². The van der Waals surface area contributed by atoms with E-state index < -0.39 is 0 Å². The highest BCUT2D eigenvalue weighted by atomic mass is 79.9. The van der Waals surface area contributed by atoms with E-state index in [-0.39, 0.29) is 5.75 Å². The largest absolute Gasteiger partial charge is 0.507 e. The summed E-state index contributed by atoms with van der Waals surface area (Å²) in [4.78, 5) is 4.51. The Morgan fingerprint density at radius 3 is 2.96 bits per heavy atom. The van der Waals surface area contributed by atoms with Crippen LogP contribution in [0, 0.1) is 0 Å². The molecule has 3 rings (SSSR count). The number of aromatic nitrogens is 1. The fourth-order valence-electron chi connectivity index (χ4n) is 2.01. The van der Waals surface area contributed by atoms with Crippen LogP contribution in [0.15, 0.2) is 57.4 Å². The second kappa shape index (κ2) is 7.46. The van der Waals surface area contributed by atoms with Gasteiger partial charge in [0.15, 0.2) is 0 Å². The Kier molecular flexibility index (Phi) is 5.12. The van der Waals surface area contributed by atoms with Gasteiger partial charge in [-0.1, -0.05) is 12.1 Å². The minimum absolute atomic E-state index is 0.197. The molecule has 2 N–H and O–H groups in total. The lowest BCUT2D eigenvalue weighted by atomic mass is 10.2. The number of rotatable bonds is 5. The van der Waals surface area contributed by atoms with Crippen molar-refractivity contribution in [3.8, 4) is 22.8 Å². The van der Waals surface area contributed by atoms with E-state index in [1.807, 2.05) is 29.6 Å². The van der Waals surface area contributed by atoms with Crippen molar-refractivity contribution < 1.29 is 9.84 Å². The molecule has 0 aliphatic rings. The van der Waals surface area contributed by atoms with Crippen LogP contribution in [0.25, 0.3) is 11.3 Å². The Balaban J connectivity index is 1.69. The standard InChI is InChI=1S/C17H14BrN3O2S/c1-23-13-4-2-3-12(8-13)15-10-24-17(20-15)21-19-9-11-5-6-16(22)14(18)7-11/h2-10,22H,1H3,(H,20,21)/b19-9-. The number of methoxy groups -OCH3 is 1. The van der Waals surface area contributed by atoms with Gasteiger partial charge < -0.3 is 9.84 Å². The fraction of sp³-hybridized carbons (Fsp3) is 0.0588. The molecule has 0 aliphatic heterocycles. The molecule has 5 nitrogen and oxygen atoms in total. The molecule has 0 atom stereocenters. The van der Waals surface area contributed by atoms with Crippen LogP contribution in [0.2, 0.25) is 0 Å². The van der Waals surface area contributed by atoms with Crippen LogP contribution < -0.4 is 10.2 Å². The van der Waals surface area contributed by atoms with Gasteiger partial charge in [0.25, 0.3) is 0 Å². The first kappa shape index (κ1) is 16.5. The minimum Gasteiger partial charge on any atom is -0.507 e. The number of anilines is 1. The second-order valence-electron chi connectivity index (χ2n) is 4.85. The zero-order chi connectivity index (χ0) is 16.9. The normalized spacial score (nSPS) is 10.9. The SMILES string of the molecule is COc1cccc(-c2csc(N/N=C\c3ccc(O)c(Br)c3)n2)c1. The van der Waals surface area contributed by atoms with Gasteiger partial charge in [0.1, 0.15) is 11.5 Å². The molecule has 1 heterocycles. The lowest BCUT2D eigenvalue weighted by Crippen LogP contribution is -1.90. The van der Waals surface area contributed by atoms with Crippen LogP contribution in [0.4, 0.5) is 5.13 Å². The number of benzene rings is 2. The third-order valence-electron chi connectivity index (χ3n) is 3.22. The average molecular weight is 404 g/mol. The number of ether oxygens (including phenoxy) is 1. The van der Waals surface area contributed by atoms with Crippen LogP contribution in [0.3, 0.4) is 0 Å². The highest BCUT2D eigenvalue weighted by Crippen LogP contribution is 2.27. The maximum Gasteiger partial charge on any atom is 0.203 e. The van der Waals surface area contributed by atoms with Crippen molar-refractivity contribution >= 4 is 38.6 Å². The first-order valence-corrected chi connectivity index (χ1v) is 8.70. The summed E-state index contributed by atoms with van der Waals surface area (Å²) < 4.78 is 5.86. The third-order valence-corrected chi connectivity index (χ3v) is 4.60. The molecule has 0 saturated heterocycles. The van der Waals surface area contributed by atoms with E-state index in [0.29, 0.717) is 9.60 Å². The van der Waals surface area contributed by atoms with E-state index in [2.05, 4.69) is 31.4 Å². The maximum atomic E-state index is 9.47. The van der Waals surface area contributed by atoms with E-state index >= 15 is 0 Å². The highest BCUT2D eigenvalue weighted by Gasteiger charge is 2.05. The molecule has 24 heavy (non-hydrogen) atoms. The summed E-state index contributed by atoms with van der Waals surface area (Å²) in [6.07, 6.45) is 1.66. The van der Waals surface area contributed by atoms with Gasteiger partial charge in [-0.2, -0.15) is 5.10 Å². The zero-order valence-electron chi connectivity index (χ0n) is 12.7. The number of thiazole rings is 1. The summed E-state index contributed by atoms with van der Waals surface area (Å²) in [5, 5.41) is 16.3. The Labute approximate surface area is 151 Å². The minimum atomic E-state index is 0.197. The van der Waals surface area contributed by atoms with Crippen molar-refractivity contribution in [2.75, 3.05) is 12.5 Å². The molecule has 0 fully saturated rings. The molecule has 1 aromatic heterocycles. The van der Waals surface area contributed by atoms with Crippen LogP contribution in [0.1, 0.15) is 5.56 Å². The number of hydrogen-bond donors (Lipinski definition) is 2. The summed E-state index contributed by atoms with van der Waals surface area (Å²) in [5.74, 6) is 0.994. The summed E-state index contributed by atoms with van der Waals surface area (Å²) in [7, 11) is 1.64. The lowest BCUT2D eigenvalue weighted by molar-refractivity contribution is 0.415. The lowest BCUT2D eigenvalue weighted by Gasteiger charge is -2.01. The number of aromatic hydroxyl groups is 1. The quantitative estimate of drug-likeness (QED) is 0.477. The summed E-state index contributed by atoms with van der Waals surface area (Å²) in [6, 6.07) is 12.9. The van der Waals surface area contributed by atoms with E-state index in [1.54, 1.807) is 31.5 Å². The van der Waals surface area contributed by atoms with E-state index in [0.717, 1.165) is 22.6 Å². The summed E-state index contributed by atoms with van der Waals surface area (Å²) in [6.45, 7) is 0. The van der Waals surface area contributed by atoms with Gasteiger partial charge in [-0.15, -0.1) is 11.3 Å². The Hall–Kier alpha value is -2.38. The molecule has 7 heteroatoms. The first-order valence-electron chi connectivity index (χ1n) is 7.03. The van der Waals surface area contributed by atoms with Crippen molar-refractivity contribution in [3.63, 3.8) is 0 Å². The van der Waals surface area contributed by atoms with E-state index in [9.17, 15) is 5.11 Å². The number of phenolic OH excluding ortho intramolecular Hbond substituents is 1. The molecule has 0 amide bonds. The molecule has 3 aromatic rings. The van der Waals surface area contributed by atoms with Gasteiger partial charge in [0.2, 0.25) is 5.13 Å². The number of halogens is 1. The fourth-order valence-corrected chi connectivity index (χ4v) is 3.07. The van der Waals surface area contributed by atoms with Crippen molar-refractivity contribution in [1.29, 1.82) is 0 Å². The molecular weight excluding hydrogens is 390 g/mol. The van der Waals surface area contributed by atoms with Crippen molar-refractivity contribution in [1.82, 2.24) is 4.98 Å². The molecule has 0 aliphatic carbocycles. The van der Waals surface area contributed by atoms with Gasteiger partial charge in [-0.25, -0.2) is 4.98 Å².